The van der Waals surface area contributed by atoms with Gasteiger partial charge in [0.25, 0.3) is 0 Å². The molecule has 1 aromatic rings. The predicted octanol–water partition coefficient (Wildman–Crippen LogP) is 2.34. The van der Waals surface area contributed by atoms with Gasteiger partial charge in [0, 0.05) is 19.0 Å². The van der Waals surface area contributed by atoms with Gasteiger partial charge in [-0.3, -0.25) is 0 Å². The van der Waals surface area contributed by atoms with Crippen molar-refractivity contribution in [3.8, 4) is 5.75 Å². The molecule has 1 aliphatic heterocycles. The van der Waals surface area contributed by atoms with Crippen LogP contribution in [0.2, 0.25) is 12.1 Å². The summed E-state index contributed by atoms with van der Waals surface area (Å²) < 4.78 is 5.16. The van der Waals surface area contributed by atoms with Crippen LogP contribution in [0.3, 0.4) is 0 Å². The summed E-state index contributed by atoms with van der Waals surface area (Å²) in [4.78, 5) is 0. The molecular formula is C11H14OSi2. The molecule has 0 bridgehead atoms. The fourth-order valence-electron chi connectivity index (χ4n) is 1.69. The van der Waals surface area contributed by atoms with E-state index in [2.05, 4.69) is 24.3 Å². The van der Waals surface area contributed by atoms with Crippen LogP contribution in [0.4, 0.5) is 0 Å². The highest BCUT2D eigenvalue weighted by molar-refractivity contribution is 6.60. The summed E-state index contributed by atoms with van der Waals surface area (Å²) in [6.07, 6.45) is 1.45. The Labute approximate surface area is 90.5 Å². The second-order valence-electron chi connectivity index (χ2n) is 3.47. The average Bonchev–Trinajstić information content (AvgIpc) is 2.30. The number of methoxy groups -OCH3 is 1. The summed E-state index contributed by atoms with van der Waals surface area (Å²) in [5.74, 6) is 0.969. The van der Waals surface area contributed by atoms with E-state index in [1.165, 1.54) is 24.1 Å². The maximum Gasteiger partial charge on any atom is 0.118 e. The first-order valence-corrected chi connectivity index (χ1v) is 7.58. The SMILES string of the molecule is COc1ccc(C2[Si]CCC[Si]2)cc1. The summed E-state index contributed by atoms with van der Waals surface area (Å²) in [6.45, 7) is 0. The third-order valence-corrected chi connectivity index (χ3v) is 6.49. The van der Waals surface area contributed by atoms with Crippen molar-refractivity contribution in [2.45, 2.75) is 23.7 Å². The monoisotopic (exact) mass is 218 g/mol. The minimum atomic E-state index is 0.856. The fourth-order valence-corrected chi connectivity index (χ4v) is 5.68. The Hall–Kier alpha value is -0.546. The van der Waals surface area contributed by atoms with Crippen molar-refractivity contribution < 1.29 is 4.74 Å². The van der Waals surface area contributed by atoms with Gasteiger partial charge in [0.05, 0.1) is 7.11 Å². The van der Waals surface area contributed by atoms with E-state index in [0.29, 0.717) is 0 Å². The van der Waals surface area contributed by atoms with Crippen molar-refractivity contribution in [2.24, 2.45) is 0 Å². The highest BCUT2D eigenvalue weighted by Gasteiger charge is 2.16. The Balaban J connectivity index is 2.07. The first-order chi connectivity index (χ1) is 6.90. The minimum Gasteiger partial charge on any atom is -0.497 e. The van der Waals surface area contributed by atoms with Gasteiger partial charge >= 0.3 is 0 Å². The summed E-state index contributed by atoms with van der Waals surface area (Å²) in [7, 11) is 4.00. The van der Waals surface area contributed by atoms with Gasteiger partial charge < -0.3 is 4.74 Å². The van der Waals surface area contributed by atoms with E-state index in [1.54, 1.807) is 7.11 Å². The molecule has 0 aliphatic carbocycles. The van der Waals surface area contributed by atoms with Crippen LogP contribution in [0.5, 0.6) is 5.75 Å². The quantitative estimate of drug-likeness (QED) is 0.692. The zero-order chi connectivity index (χ0) is 9.80. The van der Waals surface area contributed by atoms with Crippen molar-refractivity contribution in [1.29, 1.82) is 0 Å². The number of hydrogen-bond donors (Lipinski definition) is 0. The molecule has 3 heteroatoms. The molecule has 0 saturated carbocycles. The zero-order valence-electron chi connectivity index (χ0n) is 8.42. The summed E-state index contributed by atoms with van der Waals surface area (Å²) >= 11 is 0. The van der Waals surface area contributed by atoms with Gasteiger partial charge in [-0.2, -0.15) is 0 Å². The lowest BCUT2D eigenvalue weighted by molar-refractivity contribution is 0.414. The number of rotatable bonds is 2. The second kappa shape index (κ2) is 4.80. The third kappa shape index (κ3) is 2.28. The standard InChI is InChI=1S/C11H14OSi2/c1-12-10-5-3-9(4-6-10)11-13-7-2-8-14-11/h3-6,11H,2,7-8H2,1H3. The number of benzene rings is 1. The molecule has 72 valence electrons. The van der Waals surface area contributed by atoms with Crippen molar-refractivity contribution in [2.75, 3.05) is 7.11 Å². The molecule has 2 rings (SSSR count). The molecule has 1 aromatic carbocycles. The Bertz CT molecular complexity index is 278. The van der Waals surface area contributed by atoms with Crippen LogP contribution in [0.1, 0.15) is 17.1 Å². The molecule has 0 aromatic heterocycles. The number of hydrogen-bond acceptors (Lipinski definition) is 1. The van der Waals surface area contributed by atoms with Gasteiger partial charge in [0.15, 0.2) is 0 Å². The van der Waals surface area contributed by atoms with Gasteiger partial charge in [-0.1, -0.05) is 36.2 Å². The maximum atomic E-state index is 5.16. The molecule has 14 heavy (non-hydrogen) atoms. The van der Waals surface area contributed by atoms with Crippen molar-refractivity contribution in [3.63, 3.8) is 0 Å². The van der Waals surface area contributed by atoms with Crippen LogP contribution in [0.25, 0.3) is 0 Å². The average molecular weight is 218 g/mol. The van der Waals surface area contributed by atoms with Crippen molar-refractivity contribution in [1.82, 2.24) is 0 Å². The van der Waals surface area contributed by atoms with Crippen molar-refractivity contribution in [3.05, 3.63) is 29.8 Å². The Morgan fingerprint density at radius 3 is 2.36 bits per heavy atom. The first-order valence-electron chi connectivity index (χ1n) is 5.01. The van der Waals surface area contributed by atoms with Crippen LogP contribution >= 0.6 is 0 Å². The summed E-state index contributed by atoms with van der Waals surface area (Å²) in [6, 6.07) is 11.5. The third-order valence-electron chi connectivity index (χ3n) is 2.50. The van der Waals surface area contributed by atoms with E-state index >= 15 is 0 Å². The first kappa shape index (κ1) is 9.99. The smallest absolute Gasteiger partial charge is 0.118 e. The molecule has 1 aliphatic rings. The molecule has 0 N–H and O–H groups in total. The van der Waals surface area contributed by atoms with Crippen LogP contribution in [0.15, 0.2) is 24.3 Å². The second-order valence-corrected chi connectivity index (χ2v) is 7.02. The molecule has 1 nitrogen and oxygen atoms in total. The molecule has 0 unspecified atom stereocenters. The molecule has 0 atom stereocenters. The summed E-state index contributed by atoms with van der Waals surface area (Å²) in [5.41, 5.74) is 1.52. The zero-order valence-corrected chi connectivity index (χ0v) is 10.4. The molecule has 4 radical (unpaired) electrons. The highest BCUT2D eigenvalue weighted by atomic mass is 28.3. The lowest BCUT2D eigenvalue weighted by Crippen LogP contribution is -2.19. The van der Waals surface area contributed by atoms with Gasteiger partial charge in [-0.05, 0) is 17.3 Å². The molecule has 0 spiro atoms. The van der Waals surface area contributed by atoms with Crippen LogP contribution in [0, 0.1) is 0 Å². The maximum absolute atomic E-state index is 5.16. The van der Waals surface area contributed by atoms with E-state index in [4.69, 9.17) is 4.74 Å². The molecule has 1 saturated heterocycles. The van der Waals surface area contributed by atoms with E-state index < -0.39 is 0 Å². The normalized spacial score (nSPS) is 18.1. The topological polar surface area (TPSA) is 9.23 Å². The summed E-state index contributed by atoms with van der Waals surface area (Å²) in [5, 5.41) is 0.856. The van der Waals surface area contributed by atoms with Gasteiger partial charge in [-0.15, -0.1) is 0 Å². The predicted molar refractivity (Wildman–Crippen MR) is 61.5 cm³/mol. The lowest BCUT2D eigenvalue weighted by atomic mass is 10.2. The molecule has 1 heterocycles. The Morgan fingerprint density at radius 2 is 1.79 bits per heavy atom. The Kier molecular flexibility index (Phi) is 3.42. The van der Waals surface area contributed by atoms with Crippen molar-refractivity contribution >= 4 is 19.0 Å². The lowest BCUT2D eigenvalue weighted by Gasteiger charge is -2.20. The minimum absolute atomic E-state index is 0.856. The van der Waals surface area contributed by atoms with Crippen LogP contribution < -0.4 is 4.74 Å². The molecule has 0 amide bonds. The van der Waals surface area contributed by atoms with Crippen LogP contribution in [-0.2, 0) is 0 Å². The Morgan fingerprint density at radius 1 is 1.14 bits per heavy atom. The van der Waals surface area contributed by atoms with Crippen LogP contribution in [-0.4, -0.2) is 26.1 Å². The molecule has 1 fully saturated rings. The van der Waals surface area contributed by atoms with Gasteiger partial charge in [0.2, 0.25) is 0 Å². The van der Waals surface area contributed by atoms with E-state index in [0.717, 1.165) is 30.0 Å². The number of ether oxygens (including phenoxy) is 1. The molecular weight excluding hydrogens is 204 g/mol. The van der Waals surface area contributed by atoms with E-state index in [-0.39, 0.29) is 0 Å². The van der Waals surface area contributed by atoms with Gasteiger partial charge in [-0.25, -0.2) is 0 Å². The van der Waals surface area contributed by atoms with Gasteiger partial charge in [0.1, 0.15) is 5.75 Å². The fraction of sp³-hybridized carbons (Fsp3) is 0.455. The van der Waals surface area contributed by atoms with E-state index in [1.807, 2.05) is 0 Å². The highest BCUT2D eigenvalue weighted by Crippen LogP contribution is 2.23. The largest absolute Gasteiger partial charge is 0.497 e. The van der Waals surface area contributed by atoms with E-state index in [9.17, 15) is 0 Å².